The standard InChI is InChI=1S/C10H14ClN3O/c1-7-4-8(5-12-10(7)11)13-9(15)6-14(2)3/h4-5H,6H2,1-3H3,(H,13,15). The van der Waals surface area contributed by atoms with Crippen LogP contribution in [0.15, 0.2) is 12.3 Å². The van der Waals surface area contributed by atoms with Gasteiger partial charge in [0.25, 0.3) is 0 Å². The van der Waals surface area contributed by atoms with E-state index >= 15 is 0 Å². The lowest BCUT2D eigenvalue weighted by atomic mass is 10.3. The molecule has 0 atom stereocenters. The molecule has 5 heteroatoms. The number of aryl methyl sites for hydroxylation is 1. The highest BCUT2D eigenvalue weighted by molar-refractivity contribution is 6.30. The van der Waals surface area contributed by atoms with Gasteiger partial charge in [0.1, 0.15) is 5.15 Å². The maximum Gasteiger partial charge on any atom is 0.238 e. The van der Waals surface area contributed by atoms with Crippen LogP contribution < -0.4 is 5.32 Å². The van der Waals surface area contributed by atoms with E-state index in [0.29, 0.717) is 17.4 Å². The molecule has 0 saturated heterocycles. The normalized spacial score (nSPS) is 10.5. The molecule has 1 rings (SSSR count). The highest BCUT2D eigenvalue weighted by Gasteiger charge is 2.05. The van der Waals surface area contributed by atoms with Crippen LogP contribution in [0.4, 0.5) is 5.69 Å². The molecule has 0 aliphatic rings. The van der Waals surface area contributed by atoms with Gasteiger partial charge in [-0.3, -0.25) is 4.79 Å². The molecule has 1 N–H and O–H groups in total. The van der Waals surface area contributed by atoms with Crippen molar-refractivity contribution in [1.82, 2.24) is 9.88 Å². The summed E-state index contributed by atoms with van der Waals surface area (Å²) in [6.07, 6.45) is 1.54. The molecule has 15 heavy (non-hydrogen) atoms. The number of likely N-dealkylation sites (N-methyl/N-ethyl adjacent to an activating group) is 1. The van der Waals surface area contributed by atoms with E-state index in [9.17, 15) is 4.79 Å². The van der Waals surface area contributed by atoms with Crippen molar-refractivity contribution in [3.05, 3.63) is 23.0 Å². The number of amides is 1. The van der Waals surface area contributed by atoms with Crippen LogP contribution in [0.1, 0.15) is 5.56 Å². The van der Waals surface area contributed by atoms with Gasteiger partial charge in [-0.15, -0.1) is 0 Å². The summed E-state index contributed by atoms with van der Waals surface area (Å²) in [5.74, 6) is -0.0662. The second kappa shape index (κ2) is 5.09. The quantitative estimate of drug-likeness (QED) is 0.797. The van der Waals surface area contributed by atoms with Crippen molar-refractivity contribution >= 4 is 23.2 Å². The highest BCUT2D eigenvalue weighted by Crippen LogP contribution is 2.15. The Hall–Kier alpha value is -1.13. The number of nitrogens with zero attached hydrogens (tertiary/aromatic N) is 2. The molecule has 0 bridgehead atoms. The number of rotatable bonds is 3. The second-order valence-electron chi connectivity index (χ2n) is 3.62. The van der Waals surface area contributed by atoms with Gasteiger partial charge >= 0.3 is 0 Å². The van der Waals surface area contributed by atoms with Crippen LogP contribution >= 0.6 is 11.6 Å². The Kier molecular flexibility index (Phi) is 4.05. The van der Waals surface area contributed by atoms with Gasteiger partial charge in [-0.05, 0) is 32.6 Å². The second-order valence-corrected chi connectivity index (χ2v) is 3.98. The van der Waals surface area contributed by atoms with Gasteiger partial charge in [-0.1, -0.05) is 11.6 Å². The number of carbonyl (C=O) groups excluding carboxylic acids is 1. The zero-order chi connectivity index (χ0) is 11.4. The van der Waals surface area contributed by atoms with Crippen molar-refractivity contribution in [2.75, 3.05) is 26.0 Å². The first-order valence-corrected chi connectivity index (χ1v) is 4.93. The summed E-state index contributed by atoms with van der Waals surface area (Å²) in [5.41, 5.74) is 1.52. The molecule has 0 unspecified atom stereocenters. The van der Waals surface area contributed by atoms with Gasteiger partial charge in [-0.25, -0.2) is 4.98 Å². The molecule has 0 saturated carbocycles. The largest absolute Gasteiger partial charge is 0.324 e. The van der Waals surface area contributed by atoms with Crippen LogP contribution in [0.3, 0.4) is 0 Å². The Bertz CT molecular complexity index is 366. The van der Waals surface area contributed by atoms with Crippen molar-refractivity contribution in [1.29, 1.82) is 0 Å². The third-order valence-electron chi connectivity index (χ3n) is 1.76. The number of pyridine rings is 1. The maximum atomic E-state index is 11.4. The Morgan fingerprint density at radius 3 is 2.80 bits per heavy atom. The Morgan fingerprint density at radius 2 is 2.27 bits per heavy atom. The number of anilines is 1. The minimum Gasteiger partial charge on any atom is -0.324 e. The van der Waals surface area contributed by atoms with Gasteiger partial charge in [0, 0.05) is 0 Å². The Balaban J connectivity index is 2.65. The molecule has 0 fully saturated rings. The average Bonchev–Trinajstić information content (AvgIpc) is 2.10. The number of hydrogen-bond donors (Lipinski definition) is 1. The highest BCUT2D eigenvalue weighted by atomic mass is 35.5. The van der Waals surface area contributed by atoms with Gasteiger partial charge < -0.3 is 10.2 Å². The fourth-order valence-corrected chi connectivity index (χ4v) is 1.22. The summed E-state index contributed by atoms with van der Waals surface area (Å²) in [4.78, 5) is 17.2. The van der Waals surface area contributed by atoms with Crippen molar-refractivity contribution in [3.8, 4) is 0 Å². The monoisotopic (exact) mass is 227 g/mol. The number of carbonyl (C=O) groups is 1. The van der Waals surface area contributed by atoms with E-state index in [-0.39, 0.29) is 5.91 Å². The van der Waals surface area contributed by atoms with Crippen molar-refractivity contribution in [2.45, 2.75) is 6.92 Å². The molecule has 0 aliphatic heterocycles. The number of halogens is 1. The molecule has 0 aromatic carbocycles. The lowest BCUT2D eigenvalue weighted by Gasteiger charge is -2.10. The smallest absolute Gasteiger partial charge is 0.238 e. The molecule has 82 valence electrons. The minimum atomic E-state index is -0.0662. The molecule has 1 aromatic heterocycles. The van der Waals surface area contributed by atoms with Crippen molar-refractivity contribution in [3.63, 3.8) is 0 Å². The van der Waals surface area contributed by atoms with Crippen LogP contribution in [-0.2, 0) is 4.79 Å². The molecule has 0 radical (unpaired) electrons. The average molecular weight is 228 g/mol. The van der Waals surface area contributed by atoms with E-state index in [1.807, 2.05) is 21.0 Å². The van der Waals surface area contributed by atoms with E-state index < -0.39 is 0 Å². The van der Waals surface area contributed by atoms with E-state index in [4.69, 9.17) is 11.6 Å². The van der Waals surface area contributed by atoms with Gasteiger partial charge in [-0.2, -0.15) is 0 Å². The summed E-state index contributed by atoms with van der Waals surface area (Å²) in [6.45, 7) is 2.19. The van der Waals surface area contributed by atoms with E-state index in [0.717, 1.165) is 5.56 Å². The van der Waals surface area contributed by atoms with Gasteiger partial charge in [0.05, 0.1) is 18.4 Å². The summed E-state index contributed by atoms with van der Waals surface area (Å²) < 4.78 is 0. The third kappa shape index (κ3) is 3.85. The predicted octanol–water partition coefficient (Wildman–Crippen LogP) is 1.54. The lowest BCUT2D eigenvalue weighted by molar-refractivity contribution is -0.116. The molecular formula is C10H14ClN3O. The zero-order valence-corrected chi connectivity index (χ0v) is 9.80. The Morgan fingerprint density at radius 1 is 1.60 bits per heavy atom. The number of aromatic nitrogens is 1. The fourth-order valence-electron chi connectivity index (χ4n) is 1.11. The van der Waals surface area contributed by atoms with Crippen molar-refractivity contribution < 1.29 is 4.79 Å². The van der Waals surface area contributed by atoms with Crippen LogP contribution in [0.2, 0.25) is 5.15 Å². The SMILES string of the molecule is Cc1cc(NC(=O)CN(C)C)cnc1Cl. The topological polar surface area (TPSA) is 45.2 Å². The van der Waals surface area contributed by atoms with Crippen LogP contribution in [0.25, 0.3) is 0 Å². The first-order valence-electron chi connectivity index (χ1n) is 4.56. The minimum absolute atomic E-state index is 0.0662. The molecular weight excluding hydrogens is 214 g/mol. The third-order valence-corrected chi connectivity index (χ3v) is 2.15. The first kappa shape index (κ1) is 11.9. The van der Waals surface area contributed by atoms with E-state index in [1.165, 1.54) is 0 Å². The summed E-state index contributed by atoms with van der Waals surface area (Å²) in [7, 11) is 3.68. The Labute approximate surface area is 94.3 Å². The lowest BCUT2D eigenvalue weighted by Crippen LogP contribution is -2.27. The molecule has 1 amide bonds. The number of hydrogen-bond acceptors (Lipinski definition) is 3. The molecule has 1 aromatic rings. The fraction of sp³-hybridized carbons (Fsp3) is 0.400. The van der Waals surface area contributed by atoms with Gasteiger partial charge in [0.2, 0.25) is 5.91 Å². The van der Waals surface area contributed by atoms with E-state index in [1.54, 1.807) is 17.2 Å². The van der Waals surface area contributed by atoms with Crippen LogP contribution in [-0.4, -0.2) is 36.4 Å². The predicted molar refractivity (Wildman–Crippen MR) is 61.2 cm³/mol. The summed E-state index contributed by atoms with van der Waals surface area (Å²) in [5, 5.41) is 3.20. The molecule has 0 aliphatic carbocycles. The zero-order valence-electron chi connectivity index (χ0n) is 9.04. The summed E-state index contributed by atoms with van der Waals surface area (Å²) >= 11 is 5.77. The van der Waals surface area contributed by atoms with Crippen LogP contribution in [0.5, 0.6) is 0 Å². The maximum absolute atomic E-state index is 11.4. The number of nitrogens with one attached hydrogen (secondary N) is 1. The van der Waals surface area contributed by atoms with Gasteiger partial charge in [0.15, 0.2) is 0 Å². The molecule has 0 spiro atoms. The summed E-state index contributed by atoms with van der Waals surface area (Å²) in [6, 6.07) is 1.79. The van der Waals surface area contributed by atoms with Crippen molar-refractivity contribution in [2.24, 2.45) is 0 Å². The molecule has 4 nitrogen and oxygen atoms in total. The molecule has 1 heterocycles. The van der Waals surface area contributed by atoms with Crippen LogP contribution in [0, 0.1) is 6.92 Å². The first-order chi connectivity index (χ1) is 6.99. The van der Waals surface area contributed by atoms with E-state index in [2.05, 4.69) is 10.3 Å².